The molecule has 0 bridgehead atoms. The van der Waals surface area contributed by atoms with Crippen LogP contribution in [0.2, 0.25) is 0 Å². The van der Waals surface area contributed by atoms with E-state index in [0.29, 0.717) is 5.75 Å². The number of hydrogen-bond acceptors (Lipinski definition) is 1. The van der Waals surface area contributed by atoms with Gasteiger partial charge in [-0.25, -0.2) is 0 Å². The molecule has 0 fully saturated rings. The van der Waals surface area contributed by atoms with Crippen molar-refractivity contribution < 1.29 is 8.78 Å². The molecular formula is C6H10F2S. The van der Waals surface area contributed by atoms with E-state index in [0.717, 1.165) is 18.2 Å². The predicted octanol–water partition coefficient (Wildman–Crippen LogP) is 2.91. The molecule has 0 nitrogen and oxygen atoms in total. The van der Waals surface area contributed by atoms with Gasteiger partial charge in [0.05, 0.1) is 0 Å². The van der Waals surface area contributed by atoms with Gasteiger partial charge in [-0.15, -0.1) is 0 Å². The van der Waals surface area contributed by atoms with E-state index in [1.54, 1.807) is 0 Å². The molecule has 0 N–H and O–H groups in total. The lowest BCUT2D eigenvalue weighted by Crippen LogP contribution is -1.75. The topological polar surface area (TPSA) is 0 Å². The lowest BCUT2D eigenvalue weighted by atomic mass is 10.6. The van der Waals surface area contributed by atoms with Crippen molar-refractivity contribution in [1.29, 1.82) is 0 Å². The van der Waals surface area contributed by atoms with E-state index in [2.05, 4.69) is 0 Å². The highest BCUT2D eigenvalue weighted by molar-refractivity contribution is 7.99. The molecule has 0 unspecified atom stereocenters. The summed E-state index contributed by atoms with van der Waals surface area (Å²) < 4.78 is 22.6. The van der Waals surface area contributed by atoms with E-state index >= 15 is 0 Å². The molecule has 54 valence electrons. The zero-order chi connectivity index (χ0) is 7.11. The smallest absolute Gasteiger partial charge is 0.174 e. The molecule has 0 aromatic heterocycles. The SMILES string of the molecule is CCCSCC=C(F)F. The van der Waals surface area contributed by atoms with Crippen LogP contribution in [0.3, 0.4) is 0 Å². The predicted molar refractivity (Wildman–Crippen MR) is 37.9 cm³/mol. The molecule has 0 spiro atoms. The van der Waals surface area contributed by atoms with Crippen molar-refractivity contribution >= 4 is 11.8 Å². The first-order chi connectivity index (χ1) is 4.27. The normalized spacial score (nSPS) is 9.22. The van der Waals surface area contributed by atoms with Crippen LogP contribution in [0.1, 0.15) is 13.3 Å². The highest BCUT2D eigenvalue weighted by Gasteiger charge is 1.86. The zero-order valence-electron chi connectivity index (χ0n) is 5.36. The highest BCUT2D eigenvalue weighted by Crippen LogP contribution is 2.05. The fourth-order valence-electron chi connectivity index (χ4n) is 0.350. The second kappa shape index (κ2) is 6.08. The van der Waals surface area contributed by atoms with Crippen LogP contribution in [-0.2, 0) is 0 Å². The maximum atomic E-state index is 11.3. The van der Waals surface area contributed by atoms with Crippen LogP contribution < -0.4 is 0 Å². The zero-order valence-corrected chi connectivity index (χ0v) is 6.18. The Bertz CT molecular complexity index is 87.1. The standard InChI is InChI=1S/C6H10F2S/c1-2-4-9-5-3-6(7)8/h3H,2,4-5H2,1H3. The van der Waals surface area contributed by atoms with Gasteiger partial charge in [-0.1, -0.05) is 6.92 Å². The Hall–Kier alpha value is -0.0500. The van der Waals surface area contributed by atoms with Gasteiger partial charge in [-0.3, -0.25) is 0 Å². The fourth-order valence-corrected chi connectivity index (χ4v) is 1.05. The number of rotatable bonds is 4. The molecule has 0 aliphatic rings. The minimum absolute atomic E-state index is 0.441. The summed E-state index contributed by atoms with van der Waals surface area (Å²) in [5, 5.41) is 0. The lowest BCUT2D eigenvalue weighted by molar-refractivity contribution is 0.420. The van der Waals surface area contributed by atoms with Crippen LogP contribution in [0.4, 0.5) is 8.78 Å². The van der Waals surface area contributed by atoms with Crippen LogP contribution in [-0.4, -0.2) is 11.5 Å². The van der Waals surface area contributed by atoms with Gasteiger partial charge in [0.2, 0.25) is 0 Å². The van der Waals surface area contributed by atoms with Gasteiger partial charge in [-0.2, -0.15) is 20.5 Å². The van der Waals surface area contributed by atoms with Gasteiger partial charge < -0.3 is 0 Å². The van der Waals surface area contributed by atoms with E-state index in [-0.39, 0.29) is 0 Å². The number of thioether (sulfide) groups is 1. The Morgan fingerprint density at radius 1 is 1.56 bits per heavy atom. The van der Waals surface area contributed by atoms with E-state index in [1.807, 2.05) is 6.92 Å². The van der Waals surface area contributed by atoms with Crippen molar-refractivity contribution in [1.82, 2.24) is 0 Å². The summed E-state index contributed by atoms with van der Waals surface area (Å²) >= 11 is 1.53. The largest absolute Gasteiger partial charge is 0.267 e. The van der Waals surface area contributed by atoms with Crippen LogP contribution in [0.5, 0.6) is 0 Å². The Morgan fingerprint density at radius 3 is 2.67 bits per heavy atom. The Morgan fingerprint density at radius 2 is 2.22 bits per heavy atom. The minimum atomic E-state index is -1.57. The second-order valence-corrected chi connectivity index (χ2v) is 2.72. The quantitative estimate of drug-likeness (QED) is 0.558. The molecule has 0 aromatic rings. The molecule has 0 saturated carbocycles. The molecule has 0 heterocycles. The van der Waals surface area contributed by atoms with Gasteiger partial charge in [0.15, 0.2) is 0 Å². The van der Waals surface area contributed by atoms with Crippen molar-refractivity contribution in [3.05, 3.63) is 12.2 Å². The third kappa shape index (κ3) is 7.95. The number of hydrogen-bond donors (Lipinski definition) is 0. The molecule has 0 atom stereocenters. The van der Waals surface area contributed by atoms with Crippen molar-refractivity contribution in [2.24, 2.45) is 0 Å². The van der Waals surface area contributed by atoms with Crippen LogP contribution >= 0.6 is 11.8 Å². The molecule has 9 heavy (non-hydrogen) atoms. The van der Waals surface area contributed by atoms with E-state index in [1.165, 1.54) is 11.8 Å². The maximum absolute atomic E-state index is 11.3. The minimum Gasteiger partial charge on any atom is -0.174 e. The summed E-state index contributed by atoms with van der Waals surface area (Å²) in [6, 6.07) is 0. The van der Waals surface area contributed by atoms with Gasteiger partial charge in [0.1, 0.15) is 0 Å². The molecule has 0 aliphatic carbocycles. The van der Waals surface area contributed by atoms with Crippen molar-refractivity contribution in [3.63, 3.8) is 0 Å². The van der Waals surface area contributed by atoms with E-state index in [4.69, 9.17) is 0 Å². The molecule has 0 aliphatic heterocycles. The number of halogens is 2. The van der Waals surface area contributed by atoms with Crippen molar-refractivity contribution in [2.45, 2.75) is 13.3 Å². The lowest BCUT2D eigenvalue weighted by Gasteiger charge is -1.89. The first-order valence-corrected chi connectivity index (χ1v) is 4.01. The molecule has 0 rings (SSSR count). The van der Waals surface area contributed by atoms with Gasteiger partial charge in [-0.05, 0) is 18.2 Å². The summed E-state index contributed by atoms with van der Waals surface area (Å²) in [7, 11) is 0. The van der Waals surface area contributed by atoms with E-state index < -0.39 is 6.08 Å². The first-order valence-electron chi connectivity index (χ1n) is 2.86. The van der Waals surface area contributed by atoms with Crippen LogP contribution in [0, 0.1) is 0 Å². The average Bonchev–Trinajstić information content (AvgIpc) is 1.80. The summed E-state index contributed by atoms with van der Waals surface area (Å²) in [5.74, 6) is 1.40. The second-order valence-electron chi connectivity index (χ2n) is 1.57. The molecule has 0 saturated heterocycles. The monoisotopic (exact) mass is 152 g/mol. The Kier molecular flexibility index (Phi) is 6.04. The molecule has 0 radical (unpaired) electrons. The highest BCUT2D eigenvalue weighted by atomic mass is 32.2. The Labute approximate surface area is 58.3 Å². The average molecular weight is 152 g/mol. The van der Waals surface area contributed by atoms with E-state index in [9.17, 15) is 8.78 Å². The van der Waals surface area contributed by atoms with Crippen LogP contribution in [0.15, 0.2) is 12.2 Å². The molecule has 0 aromatic carbocycles. The molecular weight excluding hydrogens is 142 g/mol. The summed E-state index contributed by atoms with van der Waals surface area (Å²) in [6.45, 7) is 2.03. The molecule has 0 amide bonds. The first kappa shape index (κ1) is 8.95. The van der Waals surface area contributed by atoms with Crippen LogP contribution in [0.25, 0.3) is 0 Å². The van der Waals surface area contributed by atoms with Gasteiger partial charge in [0, 0.05) is 5.75 Å². The summed E-state index contributed by atoms with van der Waals surface area (Å²) in [4.78, 5) is 0. The van der Waals surface area contributed by atoms with Crippen molar-refractivity contribution in [3.8, 4) is 0 Å². The van der Waals surface area contributed by atoms with Gasteiger partial charge >= 0.3 is 0 Å². The summed E-state index contributed by atoms with van der Waals surface area (Å²) in [5.41, 5.74) is 0. The maximum Gasteiger partial charge on any atom is 0.267 e. The fraction of sp³-hybridized carbons (Fsp3) is 0.667. The van der Waals surface area contributed by atoms with Gasteiger partial charge in [0.25, 0.3) is 6.08 Å². The third-order valence-corrected chi connectivity index (χ3v) is 1.80. The third-order valence-electron chi connectivity index (χ3n) is 0.704. The molecule has 3 heteroatoms. The van der Waals surface area contributed by atoms with Crippen molar-refractivity contribution in [2.75, 3.05) is 11.5 Å². The Balaban J connectivity index is 3.00. The summed E-state index contributed by atoms with van der Waals surface area (Å²) in [6.07, 6.45) is 0.422.